The lowest BCUT2D eigenvalue weighted by Gasteiger charge is -2.08. The van der Waals surface area contributed by atoms with Gasteiger partial charge in [-0.3, -0.25) is 9.69 Å². The van der Waals surface area contributed by atoms with Crippen molar-refractivity contribution in [2.75, 3.05) is 20.8 Å². The molecule has 0 spiro atoms. The van der Waals surface area contributed by atoms with Gasteiger partial charge in [0, 0.05) is 7.05 Å². The van der Waals surface area contributed by atoms with Crippen LogP contribution in [-0.4, -0.2) is 42.5 Å². The highest BCUT2D eigenvalue weighted by Gasteiger charge is 2.29. The molecule has 0 aromatic heterocycles. The summed E-state index contributed by atoms with van der Waals surface area (Å²) >= 11 is 0. The second-order valence-electron chi connectivity index (χ2n) is 2.61. The van der Waals surface area contributed by atoms with Gasteiger partial charge in [-0.25, -0.2) is 0 Å². The summed E-state index contributed by atoms with van der Waals surface area (Å²) in [6.07, 6.45) is 0. The molecule has 1 saturated heterocycles. The summed E-state index contributed by atoms with van der Waals surface area (Å²) in [5, 5.41) is 0. The molecule has 9 heavy (non-hydrogen) atoms. The van der Waals surface area contributed by atoms with Gasteiger partial charge in [-0.2, -0.15) is 0 Å². The first-order valence-electron chi connectivity index (χ1n) is 3.08. The fourth-order valence-corrected chi connectivity index (χ4v) is 1.03. The highest BCUT2D eigenvalue weighted by Crippen LogP contribution is 2.08. The first-order chi connectivity index (χ1) is 4.13. The fourth-order valence-electron chi connectivity index (χ4n) is 1.03. The van der Waals surface area contributed by atoms with Crippen LogP contribution >= 0.6 is 0 Å². The largest absolute Gasteiger partial charge is 0.331 e. The zero-order chi connectivity index (χ0) is 7.02. The minimum absolute atomic E-state index is 0.0787. The lowest BCUT2D eigenvalue weighted by molar-refractivity contribution is -0.127. The lowest BCUT2D eigenvalue weighted by atomic mass is 10.3. The van der Waals surface area contributed by atoms with Crippen LogP contribution in [0.15, 0.2) is 0 Å². The molecule has 3 nitrogen and oxygen atoms in total. The predicted octanol–water partition coefficient (Wildman–Crippen LogP) is -0.264. The summed E-state index contributed by atoms with van der Waals surface area (Å²) in [5.41, 5.74) is 0. The Morgan fingerprint density at radius 1 is 1.56 bits per heavy atom. The Balaban J connectivity index is 2.65. The number of rotatable bonds is 0. The molecule has 52 valence electrons. The number of nitrogens with zero attached hydrogens (tertiary/aromatic N) is 2. The fraction of sp³-hybridized carbons (Fsp3) is 0.833. The molecule has 1 aliphatic rings. The van der Waals surface area contributed by atoms with Gasteiger partial charge in [-0.05, 0) is 14.0 Å². The molecule has 0 bridgehead atoms. The zero-order valence-electron chi connectivity index (χ0n) is 6.09. The van der Waals surface area contributed by atoms with E-state index in [0.29, 0.717) is 0 Å². The average molecular weight is 128 g/mol. The minimum Gasteiger partial charge on any atom is -0.331 e. The maximum absolute atomic E-state index is 11.0. The second kappa shape index (κ2) is 1.99. The Bertz CT molecular complexity index is 135. The number of hydrogen-bond acceptors (Lipinski definition) is 2. The van der Waals surface area contributed by atoms with Crippen molar-refractivity contribution in [2.45, 2.75) is 13.0 Å². The third-order valence-corrected chi connectivity index (χ3v) is 1.83. The van der Waals surface area contributed by atoms with Crippen molar-refractivity contribution >= 4 is 5.91 Å². The van der Waals surface area contributed by atoms with Crippen molar-refractivity contribution in [1.29, 1.82) is 0 Å². The van der Waals surface area contributed by atoms with Crippen LogP contribution in [0.2, 0.25) is 0 Å². The molecular formula is C6H12N2O. The van der Waals surface area contributed by atoms with Crippen LogP contribution in [0.25, 0.3) is 0 Å². The van der Waals surface area contributed by atoms with E-state index in [0.717, 1.165) is 6.67 Å². The Kier molecular flexibility index (Phi) is 1.45. The molecule has 0 N–H and O–H groups in total. The van der Waals surface area contributed by atoms with E-state index in [4.69, 9.17) is 0 Å². The van der Waals surface area contributed by atoms with E-state index in [-0.39, 0.29) is 11.9 Å². The van der Waals surface area contributed by atoms with E-state index < -0.39 is 0 Å². The van der Waals surface area contributed by atoms with Crippen molar-refractivity contribution in [3.05, 3.63) is 0 Å². The monoisotopic (exact) mass is 128 g/mol. The quantitative estimate of drug-likeness (QED) is 0.448. The van der Waals surface area contributed by atoms with Crippen LogP contribution in [0.1, 0.15) is 6.92 Å². The van der Waals surface area contributed by atoms with Crippen LogP contribution in [0.3, 0.4) is 0 Å². The number of carbonyl (C=O) groups excluding carboxylic acids is 1. The number of hydrogen-bond donors (Lipinski definition) is 0. The van der Waals surface area contributed by atoms with Gasteiger partial charge in [0.25, 0.3) is 0 Å². The second-order valence-corrected chi connectivity index (χ2v) is 2.61. The predicted molar refractivity (Wildman–Crippen MR) is 34.9 cm³/mol. The highest BCUT2D eigenvalue weighted by molar-refractivity contribution is 5.82. The van der Waals surface area contributed by atoms with Crippen LogP contribution in [-0.2, 0) is 4.79 Å². The molecule has 1 atom stereocenters. The molecule has 1 rings (SSSR count). The van der Waals surface area contributed by atoms with Crippen LogP contribution < -0.4 is 0 Å². The number of amides is 1. The average Bonchev–Trinajstić information content (AvgIpc) is 1.98. The number of carbonyl (C=O) groups is 1. The molecule has 1 amide bonds. The summed E-state index contributed by atoms with van der Waals surface area (Å²) in [6.45, 7) is 2.69. The molecule has 0 aromatic carbocycles. The topological polar surface area (TPSA) is 23.6 Å². The Morgan fingerprint density at radius 3 is 2.22 bits per heavy atom. The van der Waals surface area contributed by atoms with Crippen molar-refractivity contribution in [3.63, 3.8) is 0 Å². The third-order valence-electron chi connectivity index (χ3n) is 1.83. The van der Waals surface area contributed by atoms with Gasteiger partial charge >= 0.3 is 0 Å². The van der Waals surface area contributed by atoms with Crippen molar-refractivity contribution < 1.29 is 4.79 Å². The van der Waals surface area contributed by atoms with Gasteiger partial charge in [-0.1, -0.05) is 0 Å². The molecule has 1 unspecified atom stereocenters. The van der Waals surface area contributed by atoms with Crippen LogP contribution in [0, 0.1) is 0 Å². The van der Waals surface area contributed by atoms with Gasteiger partial charge in [0.15, 0.2) is 0 Å². The van der Waals surface area contributed by atoms with Crippen molar-refractivity contribution in [3.8, 4) is 0 Å². The first kappa shape index (κ1) is 6.55. The van der Waals surface area contributed by atoms with Gasteiger partial charge in [0.05, 0.1) is 12.7 Å². The molecule has 0 aromatic rings. The van der Waals surface area contributed by atoms with Gasteiger partial charge in [-0.15, -0.1) is 0 Å². The summed E-state index contributed by atoms with van der Waals surface area (Å²) in [7, 11) is 3.77. The summed E-state index contributed by atoms with van der Waals surface area (Å²) in [5.74, 6) is 0.220. The molecule has 0 aliphatic carbocycles. The van der Waals surface area contributed by atoms with Crippen molar-refractivity contribution in [2.24, 2.45) is 0 Å². The Hall–Kier alpha value is -0.570. The molecule has 1 fully saturated rings. The number of likely N-dealkylation sites (N-methyl/N-ethyl adjacent to an activating group) is 2. The summed E-state index contributed by atoms with van der Waals surface area (Å²) < 4.78 is 0. The molecule has 0 radical (unpaired) electrons. The molecule has 1 heterocycles. The maximum Gasteiger partial charge on any atom is 0.240 e. The zero-order valence-corrected chi connectivity index (χ0v) is 6.09. The van der Waals surface area contributed by atoms with Crippen molar-refractivity contribution in [1.82, 2.24) is 9.80 Å². The smallest absolute Gasteiger partial charge is 0.240 e. The van der Waals surface area contributed by atoms with E-state index >= 15 is 0 Å². The standard InChI is InChI=1S/C6H12N2O/c1-5-6(9)8(3)4-7(5)2/h5H,4H2,1-3H3. The molecule has 0 saturated carbocycles. The molecule has 3 heteroatoms. The van der Waals surface area contributed by atoms with E-state index in [9.17, 15) is 4.79 Å². The maximum atomic E-state index is 11.0. The van der Waals surface area contributed by atoms with Crippen LogP contribution in [0.4, 0.5) is 0 Å². The van der Waals surface area contributed by atoms with E-state index in [1.807, 2.05) is 25.9 Å². The Morgan fingerprint density at radius 2 is 2.11 bits per heavy atom. The Labute approximate surface area is 55.2 Å². The van der Waals surface area contributed by atoms with Gasteiger partial charge in [0.2, 0.25) is 5.91 Å². The SMILES string of the molecule is CC1C(=O)N(C)CN1C. The third kappa shape index (κ3) is 0.920. The van der Waals surface area contributed by atoms with E-state index in [1.165, 1.54) is 0 Å². The molecule has 1 aliphatic heterocycles. The lowest BCUT2D eigenvalue weighted by Crippen LogP contribution is -2.26. The normalized spacial score (nSPS) is 29.9. The minimum atomic E-state index is 0.0787. The van der Waals surface area contributed by atoms with Crippen LogP contribution in [0.5, 0.6) is 0 Å². The first-order valence-corrected chi connectivity index (χ1v) is 3.08. The van der Waals surface area contributed by atoms with E-state index in [1.54, 1.807) is 4.90 Å². The van der Waals surface area contributed by atoms with Gasteiger partial charge < -0.3 is 4.90 Å². The summed E-state index contributed by atoms with van der Waals surface area (Å²) in [4.78, 5) is 14.7. The highest BCUT2D eigenvalue weighted by atomic mass is 16.2. The summed E-state index contributed by atoms with van der Waals surface area (Å²) in [6, 6.07) is 0.0787. The van der Waals surface area contributed by atoms with E-state index in [2.05, 4.69) is 0 Å². The molecular weight excluding hydrogens is 116 g/mol. The van der Waals surface area contributed by atoms with Gasteiger partial charge in [0.1, 0.15) is 0 Å².